The standard InChI is InChI=1S/C10H16N2O2/c11-5-4-8-7-14-10(12-8)9-3-1-2-6-13-9/h7,9H,1-6,11H2. The van der Waals surface area contributed by atoms with Crippen molar-refractivity contribution >= 4 is 0 Å². The van der Waals surface area contributed by atoms with E-state index in [-0.39, 0.29) is 6.10 Å². The Balaban J connectivity index is 2.00. The van der Waals surface area contributed by atoms with Crippen LogP contribution in [0.2, 0.25) is 0 Å². The van der Waals surface area contributed by atoms with Crippen LogP contribution in [0.4, 0.5) is 0 Å². The van der Waals surface area contributed by atoms with Gasteiger partial charge in [0.25, 0.3) is 0 Å². The lowest BCUT2D eigenvalue weighted by atomic mass is 10.1. The second-order valence-electron chi connectivity index (χ2n) is 3.57. The molecule has 1 unspecified atom stereocenters. The molecule has 0 saturated carbocycles. The van der Waals surface area contributed by atoms with Crippen LogP contribution in [0.15, 0.2) is 10.7 Å². The molecule has 0 bridgehead atoms. The molecule has 0 aliphatic carbocycles. The van der Waals surface area contributed by atoms with Crippen molar-refractivity contribution in [2.75, 3.05) is 13.2 Å². The Morgan fingerprint density at radius 3 is 3.14 bits per heavy atom. The maximum atomic E-state index is 5.57. The van der Waals surface area contributed by atoms with Crippen molar-refractivity contribution in [2.45, 2.75) is 31.8 Å². The van der Waals surface area contributed by atoms with E-state index in [0.29, 0.717) is 12.4 Å². The lowest BCUT2D eigenvalue weighted by molar-refractivity contribution is -0.00149. The molecule has 2 rings (SSSR count). The Morgan fingerprint density at radius 1 is 1.50 bits per heavy atom. The van der Waals surface area contributed by atoms with Crippen molar-refractivity contribution in [1.82, 2.24) is 4.98 Å². The number of nitrogens with zero attached hydrogens (tertiary/aromatic N) is 1. The Hall–Kier alpha value is -0.870. The van der Waals surface area contributed by atoms with E-state index in [0.717, 1.165) is 31.6 Å². The van der Waals surface area contributed by atoms with Crippen molar-refractivity contribution in [3.63, 3.8) is 0 Å². The number of hydrogen-bond acceptors (Lipinski definition) is 4. The van der Waals surface area contributed by atoms with E-state index in [9.17, 15) is 0 Å². The highest BCUT2D eigenvalue weighted by Gasteiger charge is 2.20. The van der Waals surface area contributed by atoms with Gasteiger partial charge in [0.05, 0.1) is 5.69 Å². The van der Waals surface area contributed by atoms with Crippen LogP contribution in [0.1, 0.15) is 37.0 Å². The van der Waals surface area contributed by atoms with Gasteiger partial charge >= 0.3 is 0 Å². The van der Waals surface area contributed by atoms with Gasteiger partial charge in [-0.15, -0.1) is 0 Å². The van der Waals surface area contributed by atoms with E-state index in [1.807, 2.05) is 0 Å². The molecule has 1 fully saturated rings. The van der Waals surface area contributed by atoms with Crippen LogP contribution < -0.4 is 5.73 Å². The number of hydrogen-bond donors (Lipinski definition) is 1. The molecule has 2 heterocycles. The number of oxazole rings is 1. The zero-order chi connectivity index (χ0) is 9.80. The number of nitrogens with two attached hydrogens (primary N) is 1. The third-order valence-electron chi connectivity index (χ3n) is 2.43. The van der Waals surface area contributed by atoms with Gasteiger partial charge in [0.15, 0.2) is 0 Å². The van der Waals surface area contributed by atoms with Crippen molar-refractivity contribution in [1.29, 1.82) is 0 Å². The Bertz CT molecular complexity index is 279. The first kappa shape index (κ1) is 9.68. The average molecular weight is 196 g/mol. The van der Waals surface area contributed by atoms with Crippen molar-refractivity contribution < 1.29 is 9.15 Å². The van der Waals surface area contributed by atoms with Gasteiger partial charge < -0.3 is 14.9 Å². The molecule has 1 aromatic heterocycles. The summed E-state index contributed by atoms with van der Waals surface area (Å²) < 4.78 is 10.9. The highest BCUT2D eigenvalue weighted by atomic mass is 16.5. The summed E-state index contributed by atoms with van der Waals surface area (Å²) in [5.74, 6) is 0.716. The lowest BCUT2D eigenvalue weighted by Crippen LogP contribution is -2.12. The van der Waals surface area contributed by atoms with Crippen LogP contribution in [-0.2, 0) is 11.2 Å². The molecule has 78 valence electrons. The summed E-state index contributed by atoms with van der Waals surface area (Å²) in [5, 5.41) is 0. The summed E-state index contributed by atoms with van der Waals surface area (Å²) >= 11 is 0. The van der Waals surface area contributed by atoms with Gasteiger partial charge in [-0.3, -0.25) is 0 Å². The Labute approximate surface area is 83.4 Å². The first-order valence-corrected chi connectivity index (χ1v) is 5.16. The molecule has 1 aromatic rings. The molecular weight excluding hydrogens is 180 g/mol. The fraction of sp³-hybridized carbons (Fsp3) is 0.700. The number of ether oxygens (including phenoxy) is 1. The quantitative estimate of drug-likeness (QED) is 0.794. The fourth-order valence-corrected chi connectivity index (χ4v) is 1.67. The van der Waals surface area contributed by atoms with Crippen molar-refractivity contribution in [3.8, 4) is 0 Å². The fourth-order valence-electron chi connectivity index (χ4n) is 1.67. The SMILES string of the molecule is NCCc1coc(C2CCCCO2)n1. The van der Waals surface area contributed by atoms with E-state index >= 15 is 0 Å². The second kappa shape index (κ2) is 4.57. The molecule has 1 atom stereocenters. The zero-order valence-corrected chi connectivity index (χ0v) is 8.24. The molecule has 4 nitrogen and oxygen atoms in total. The van der Waals surface area contributed by atoms with E-state index in [2.05, 4.69) is 4.98 Å². The van der Waals surface area contributed by atoms with Gasteiger partial charge in [0.1, 0.15) is 12.4 Å². The van der Waals surface area contributed by atoms with Gasteiger partial charge in [-0.1, -0.05) is 0 Å². The summed E-state index contributed by atoms with van der Waals surface area (Å²) in [6, 6.07) is 0. The summed E-state index contributed by atoms with van der Waals surface area (Å²) in [4.78, 5) is 4.35. The summed E-state index contributed by atoms with van der Waals surface area (Å²) in [5.41, 5.74) is 6.36. The maximum absolute atomic E-state index is 5.57. The van der Waals surface area contributed by atoms with E-state index in [1.54, 1.807) is 6.26 Å². The predicted molar refractivity (Wildman–Crippen MR) is 51.8 cm³/mol. The van der Waals surface area contributed by atoms with Crippen LogP contribution in [0.3, 0.4) is 0 Å². The van der Waals surface area contributed by atoms with E-state index in [1.165, 1.54) is 6.42 Å². The van der Waals surface area contributed by atoms with Crippen LogP contribution in [-0.4, -0.2) is 18.1 Å². The van der Waals surface area contributed by atoms with Gasteiger partial charge in [0.2, 0.25) is 5.89 Å². The predicted octanol–water partition coefficient (Wildman–Crippen LogP) is 1.42. The van der Waals surface area contributed by atoms with Gasteiger partial charge in [-0.2, -0.15) is 0 Å². The zero-order valence-electron chi connectivity index (χ0n) is 8.24. The first-order valence-electron chi connectivity index (χ1n) is 5.16. The van der Waals surface area contributed by atoms with Crippen molar-refractivity contribution in [3.05, 3.63) is 17.8 Å². The van der Waals surface area contributed by atoms with Crippen LogP contribution in [0, 0.1) is 0 Å². The lowest BCUT2D eigenvalue weighted by Gasteiger charge is -2.19. The highest BCUT2D eigenvalue weighted by Crippen LogP contribution is 2.26. The average Bonchev–Trinajstić information content (AvgIpc) is 2.68. The second-order valence-corrected chi connectivity index (χ2v) is 3.57. The Kier molecular flexibility index (Phi) is 3.16. The summed E-state index contributed by atoms with van der Waals surface area (Å²) in [6.45, 7) is 1.43. The monoisotopic (exact) mass is 196 g/mol. The smallest absolute Gasteiger partial charge is 0.223 e. The molecule has 0 aromatic carbocycles. The third-order valence-corrected chi connectivity index (χ3v) is 2.43. The summed E-state index contributed by atoms with van der Waals surface area (Å²) in [6.07, 6.45) is 5.88. The minimum absolute atomic E-state index is 0.0651. The molecule has 1 aliphatic heterocycles. The minimum atomic E-state index is 0.0651. The highest BCUT2D eigenvalue weighted by molar-refractivity contribution is 4.99. The largest absolute Gasteiger partial charge is 0.446 e. The molecule has 1 saturated heterocycles. The Morgan fingerprint density at radius 2 is 2.43 bits per heavy atom. The molecule has 0 spiro atoms. The van der Waals surface area contributed by atoms with Gasteiger partial charge in [-0.25, -0.2) is 4.98 Å². The molecule has 4 heteroatoms. The molecule has 1 aliphatic rings. The molecule has 0 amide bonds. The third kappa shape index (κ3) is 2.13. The molecule has 2 N–H and O–H groups in total. The molecular formula is C10H16N2O2. The normalized spacial score (nSPS) is 22.5. The van der Waals surface area contributed by atoms with Gasteiger partial charge in [-0.05, 0) is 25.8 Å². The van der Waals surface area contributed by atoms with Crippen LogP contribution >= 0.6 is 0 Å². The van der Waals surface area contributed by atoms with E-state index in [4.69, 9.17) is 14.9 Å². The van der Waals surface area contributed by atoms with Crippen LogP contribution in [0.25, 0.3) is 0 Å². The first-order chi connectivity index (χ1) is 6.90. The van der Waals surface area contributed by atoms with E-state index < -0.39 is 0 Å². The maximum Gasteiger partial charge on any atom is 0.223 e. The topological polar surface area (TPSA) is 61.3 Å². The summed E-state index contributed by atoms with van der Waals surface area (Å²) in [7, 11) is 0. The molecule has 0 radical (unpaired) electrons. The van der Waals surface area contributed by atoms with Crippen molar-refractivity contribution in [2.24, 2.45) is 5.73 Å². The van der Waals surface area contributed by atoms with Crippen LogP contribution in [0.5, 0.6) is 0 Å². The van der Waals surface area contributed by atoms with Gasteiger partial charge in [0, 0.05) is 13.0 Å². The number of aromatic nitrogens is 1. The molecule has 14 heavy (non-hydrogen) atoms. The minimum Gasteiger partial charge on any atom is -0.446 e. The number of rotatable bonds is 3.